The number of hydrogen-bond acceptors (Lipinski definition) is 3. The van der Waals surface area contributed by atoms with E-state index >= 15 is 0 Å². The van der Waals surface area contributed by atoms with Crippen molar-refractivity contribution in [2.24, 2.45) is 0 Å². The summed E-state index contributed by atoms with van der Waals surface area (Å²) in [4.78, 5) is 24.9. The van der Waals surface area contributed by atoms with Crippen molar-refractivity contribution in [1.82, 2.24) is 4.90 Å². The van der Waals surface area contributed by atoms with Crippen LogP contribution in [0, 0.1) is 6.92 Å². The molecule has 1 unspecified atom stereocenters. The maximum Gasteiger partial charge on any atom is 0.304 e. The topological polar surface area (TPSA) is 69.6 Å². The van der Waals surface area contributed by atoms with Gasteiger partial charge < -0.3 is 10.4 Å². The second kappa shape index (κ2) is 7.04. The predicted molar refractivity (Wildman–Crippen MR) is 84.4 cm³/mol. The molecular weight excluding hydrogens is 336 g/mol. The molecule has 21 heavy (non-hydrogen) atoms. The number of benzene rings is 1. The number of amides is 1. The number of aryl methyl sites for hydroxylation is 1. The second-order valence-corrected chi connectivity index (χ2v) is 6.25. The number of carbonyl (C=O) groups is 2. The van der Waals surface area contributed by atoms with Gasteiger partial charge in [-0.3, -0.25) is 14.5 Å². The molecule has 1 fully saturated rings. The van der Waals surface area contributed by atoms with Crippen molar-refractivity contribution in [2.45, 2.75) is 32.2 Å². The largest absolute Gasteiger partial charge is 0.481 e. The standard InChI is InChI=1S/C15H19BrN2O3/c1-10-4-5-13(12(16)7-10)17-14(19)9-18-6-2-3-11(18)8-15(20)21/h4-5,7,11H,2-3,6,8-9H2,1H3,(H,17,19)(H,20,21). The molecule has 2 N–H and O–H groups in total. The van der Waals surface area contributed by atoms with E-state index in [2.05, 4.69) is 21.2 Å². The normalized spacial score (nSPS) is 18.7. The number of carboxylic acids is 1. The van der Waals surface area contributed by atoms with E-state index in [0.717, 1.165) is 35.1 Å². The minimum atomic E-state index is -0.811. The number of aliphatic carboxylic acids is 1. The zero-order valence-corrected chi connectivity index (χ0v) is 13.5. The van der Waals surface area contributed by atoms with E-state index in [1.54, 1.807) is 0 Å². The van der Waals surface area contributed by atoms with Gasteiger partial charge >= 0.3 is 5.97 Å². The van der Waals surface area contributed by atoms with Gasteiger partial charge in [-0.05, 0) is 59.9 Å². The lowest BCUT2D eigenvalue weighted by atomic mass is 10.1. The Labute approximate surface area is 132 Å². The Balaban J connectivity index is 1.93. The molecule has 1 saturated heterocycles. The first-order chi connectivity index (χ1) is 9.95. The van der Waals surface area contributed by atoms with Gasteiger partial charge in [0.05, 0.1) is 18.7 Å². The molecule has 5 nitrogen and oxygen atoms in total. The molecule has 0 bridgehead atoms. The highest BCUT2D eigenvalue weighted by molar-refractivity contribution is 9.10. The van der Waals surface area contributed by atoms with Crippen LogP contribution in [0.25, 0.3) is 0 Å². The lowest BCUT2D eigenvalue weighted by molar-refractivity contribution is -0.138. The van der Waals surface area contributed by atoms with Crippen molar-refractivity contribution in [3.8, 4) is 0 Å². The molecule has 1 aromatic carbocycles. The summed E-state index contributed by atoms with van der Waals surface area (Å²) in [5.74, 6) is -0.926. The van der Waals surface area contributed by atoms with Crippen LogP contribution in [-0.4, -0.2) is 41.0 Å². The van der Waals surface area contributed by atoms with Crippen molar-refractivity contribution in [2.75, 3.05) is 18.4 Å². The van der Waals surface area contributed by atoms with Crippen LogP contribution in [0.4, 0.5) is 5.69 Å². The number of hydrogen-bond donors (Lipinski definition) is 2. The van der Waals surface area contributed by atoms with Crippen LogP contribution in [-0.2, 0) is 9.59 Å². The van der Waals surface area contributed by atoms with E-state index < -0.39 is 5.97 Å². The van der Waals surface area contributed by atoms with Crippen molar-refractivity contribution in [1.29, 1.82) is 0 Å². The highest BCUT2D eigenvalue weighted by atomic mass is 79.9. The minimum Gasteiger partial charge on any atom is -0.481 e. The third-order valence-electron chi connectivity index (χ3n) is 3.65. The van der Waals surface area contributed by atoms with Gasteiger partial charge in [0.1, 0.15) is 0 Å². The summed E-state index contributed by atoms with van der Waals surface area (Å²) in [6, 6.07) is 5.70. The highest BCUT2D eigenvalue weighted by Gasteiger charge is 2.28. The Morgan fingerprint density at radius 3 is 2.90 bits per heavy atom. The summed E-state index contributed by atoms with van der Waals surface area (Å²) in [7, 11) is 0. The molecule has 1 heterocycles. The lowest BCUT2D eigenvalue weighted by Gasteiger charge is -2.22. The van der Waals surface area contributed by atoms with Crippen LogP contribution >= 0.6 is 15.9 Å². The Bertz CT molecular complexity index is 548. The fraction of sp³-hybridized carbons (Fsp3) is 0.467. The molecule has 0 spiro atoms. The second-order valence-electron chi connectivity index (χ2n) is 5.40. The van der Waals surface area contributed by atoms with E-state index in [9.17, 15) is 9.59 Å². The van der Waals surface area contributed by atoms with Gasteiger partial charge in [-0.25, -0.2) is 0 Å². The lowest BCUT2D eigenvalue weighted by Crippen LogP contribution is -2.37. The molecule has 2 rings (SSSR count). The molecular formula is C15H19BrN2O3. The van der Waals surface area contributed by atoms with E-state index in [1.165, 1.54) is 0 Å². The van der Waals surface area contributed by atoms with E-state index in [0.29, 0.717) is 0 Å². The number of carbonyl (C=O) groups excluding carboxylic acids is 1. The Morgan fingerprint density at radius 2 is 2.24 bits per heavy atom. The number of halogens is 1. The van der Waals surface area contributed by atoms with E-state index in [1.807, 2.05) is 30.0 Å². The number of carboxylic acid groups (broad SMARTS) is 1. The summed E-state index contributed by atoms with van der Waals surface area (Å²) in [5.41, 5.74) is 1.85. The van der Waals surface area contributed by atoms with Gasteiger partial charge in [-0.1, -0.05) is 6.07 Å². The van der Waals surface area contributed by atoms with Gasteiger partial charge in [0.2, 0.25) is 5.91 Å². The number of nitrogens with one attached hydrogen (secondary N) is 1. The quantitative estimate of drug-likeness (QED) is 0.852. The van der Waals surface area contributed by atoms with Gasteiger partial charge in [0.25, 0.3) is 0 Å². The summed E-state index contributed by atoms with van der Waals surface area (Å²) in [6.45, 7) is 3.00. The first-order valence-electron chi connectivity index (χ1n) is 6.97. The summed E-state index contributed by atoms with van der Waals surface area (Å²) in [6.07, 6.45) is 1.88. The smallest absolute Gasteiger partial charge is 0.304 e. The number of nitrogens with zero attached hydrogens (tertiary/aromatic N) is 1. The summed E-state index contributed by atoms with van der Waals surface area (Å²) in [5, 5.41) is 11.8. The zero-order chi connectivity index (χ0) is 15.4. The summed E-state index contributed by atoms with van der Waals surface area (Å²) >= 11 is 3.43. The van der Waals surface area contributed by atoms with Crippen molar-refractivity contribution in [3.63, 3.8) is 0 Å². The first kappa shape index (κ1) is 16.0. The molecule has 1 aliphatic rings. The molecule has 1 aromatic rings. The average molecular weight is 355 g/mol. The third-order valence-corrected chi connectivity index (χ3v) is 4.31. The van der Waals surface area contributed by atoms with Crippen LogP contribution in [0.2, 0.25) is 0 Å². The van der Waals surface area contributed by atoms with E-state index in [4.69, 9.17) is 5.11 Å². The predicted octanol–water partition coefficient (Wildman–Crippen LogP) is 2.64. The maximum atomic E-state index is 12.1. The Hall–Kier alpha value is -1.40. The van der Waals surface area contributed by atoms with Crippen molar-refractivity contribution >= 4 is 33.5 Å². The van der Waals surface area contributed by atoms with Crippen LogP contribution in [0.1, 0.15) is 24.8 Å². The molecule has 1 atom stereocenters. The van der Waals surface area contributed by atoms with Crippen molar-refractivity contribution in [3.05, 3.63) is 28.2 Å². The summed E-state index contributed by atoms with van der Waals surface area (Å²) < 4.78 is 0.847. The SMILES string of the molecule is Cc1ccc(NC(=O)CN2CCCC2CC(=O)O)c(Br)c1. The third kappa shape index (κ3) is 4.54. The van der Waals surface area contributed by atoms with Crippen LogP contribution in [0.5, 0.6) is 0 Å². The molecule has 6 heteroatoms. The zero-order valence-electron chi connectivity index (χ0n) is 11.9. The molecule has 1 amide bonds. The Morgan fingerprint density at radius 1 is 1.48 bits per heavy atom. The molecule has 114 valence electrons. The monoisotopic (exact) mass is 354 g/mol. The van der Waals surface area contributed by atoms with Crippen LogP contribution in [0.15, 0.2) is 22.7 Å². The Kier molecular flexibility index (Phi) is 5.36. The van der Waals surface area contributed by atoms with Crippen LogP contribution < -0.4 is 5.32 Å². The minimum absolute atomic E-state index is 0.0327. The molecule has 0 aliphatic carbocycles. The number of likely N-dealkylation sites (tertiary alicyclic amines) is 1. The highest BCUT2D eigenvalue weighted by Crippen LogP contribution is 2.24. The fourth-order valence-corrected chi connectivity index (χ4v) is 3.22. The van der Waals surface area contributed by atoms with Gasteiger partial charge in [0.15, 0.2) is 0 Å². The molecule has 0 aromatic heterocycles. The van der Waals surface area contributed by atoms with Gasteiger partial charge in [-0.15, -0.1) is 0 Å². The van der Waals surface area contributed by atoms with E-state index in [-0.39, 0.29) is 24.9 Å². The molecule has 0 saturated carbocycles. The molecule has 0 radical (unpaired) electrons. The average Bonchev–Trinajstić information content (AvgIpc) is 2.79. The van der Waals surface area contributed by atoms with Gasteiger partial charge in [-0.2, -0.15) is 0 Å². The number of anilines is 1. The first-order valence-corrected chi connectivity index (χ1v) is 7.77. The fourth-order valence-electron chi connectivity index (χ4n) is 2.63. The number of rotatable bonds is 5. The van der Waals surface area contributed by atoms with Gasteiger partial charge in [0, 0.05) is 10.5 Å². The maximum absolute atomic E-state index is 12.1. The van der Waals surface area contributed by atoms with Crippen LogP contribution in [0.3, 0.4) is 0 Å². The molecule has 1 aliphatic heterocycles. The van der Waals surface area contributed by atoms with Crippen molar-refractivity contribution < 1.29 is 14.7 Å².